The van der Waals surface area contributed by atoms with Gasteiger partial charge in [0, 0.05) is 0 Å². The van der Waals surface area contributed by atoms with Crippen LogP contribution in [0.3, 0.4) is 0 Å². The van der Waals surface area contributed by atoms with E-state index in [0.29, 0.717) is 6.42 Å². The molecule has 0 spiro atoms. The summed E-state index contributed by atoms with van der Waals surface area (Å²) in [7, 11) is 0. The highest BCUT2D eigenvalue weighted by Crippen LogP contribution is 2.22. The van der Waals surface area contributed by atoms with Crippen molar-refractivity contribution in [2.45, 2.75) is 38.6 Å². The predicted octanol–water partition coefficient (Wildman–Crippen LogP) is 1.94. The summed E-state index contributed by atoms with van der Waals surface area (Å²) in [6.45, 7) is 6.43. The molecule has 0 aromatic heterocycles. The molecule has 0 aliphatic carbocycles. The normalized spacial score (nSPS) is 13.5. The van der Waals surface area contributed by atoms with Crippen molar-refractivity contribution in [3.8, 4) is 0 Å². The van der Waals surface area contributed by atoms with Gasteiger partial charge in [0.15, 0.2) is 0 Å². The van der Waals surface area contributed by atoms with E-state index in [9.17, 15) is 4.79 Å². The largest absolute Gasteiger partial charge is 0.480 e. The van der Waals surface area contributed by atoms with Crippen LogP contribution in [0.15, 0.2) is 24.3 Å². The Morgan fingerprint density at radius 2 is 1.81 bits per heavy atom. The number of rotatable bonds is 3. The van der Waals surface area contributed by atoms with E-state index in [-0.39, 0.29) is 5.41 Å². The zero-order valence-corrected chi connectivity index (χ0v) is 10.0. The van der Waals surface area contributed by atoms with Crippen LogP contribution in [-0.4, -0.2) is 17.1 Å². The summed E-state index contributed by atoms with van der Waals surface area (Å²) in [6.07, 6.45) is 0.375. The van der Waals surface area contributed by atoms with Gasteiger partial charge in [0.1, 0.15) is 6.04 Å². The first kappa shape index (κ1) is 12.7. The van der Waals surface area contributed by atoms with Gasteiger partial charge in [0.05, 0.1) is 0 Å². The molecule has 3 nitrogen and oxygen atoms in total. The van der Waals surface area contributed by atoms with E-state index in [0.717, 1.165) is 5.56 Å². The molecule has 3 N–H and O–H groups in total. The van der Waals surface area contributed by atoms with Crippen LogP contribution >= 0.6 is 0 Å². The van der Waals surface area contributed by atoms with Gasteiger partial charge in [0.25, 0.3) is 0 Å². The average Bonchev–Trinajstić information content (AvgIpc) is 2.17. The molecule has 1 aromatic carbocycles. The molecule has 0 amide bonds. The highest BCUT2D eigenvalue weighted by molar-refractivity contribution is 5.73. The Hall–Kier alpha value is -1.35. The molecule has 0 heterocycles. The summed E-state index contributed by atoms with van der Waals surface area (Å²) in [4.78, 5) is 10.6. The molecule has 0 fully saturated rings. The van der Waals surface area contributed by atoms with Gasteiger partial charge in [-0.1, -0.05) is 45.0 Å². The van der Waals surface area contributed by atoms with Crippen LogP contribution in [-0.2, 0) is 16.6 Å². The first-order valence-electron chi connectivity index (χ1n) is 5.38. The predicted molar refractivity (Wildman–Crippen MR) is 64.5 cm³/mol. The molecule has 88 valence electrons. The SMILES string of the molecule is CC(C)(C)c1ccc(C[C@@H](N)C(=O)O)cc1. The first-order chi connectivity index (χ1) is 7.30. The van der Waals surface area contributed by atoms with Crippen LogP contribution in [0, 0.1) is 0 Å². The molecule has 0 bridgehead atoms. The number of hydrogen-bond donors (Lipinski definition) is 2. The summed E-state index contributed by atoms with van der Waals surface area (Å²) >= 11 is 0. The van der Waals surface area contributed by atoms with Gasteiger partial charge in [-0.15, -0.1) is 0 Å². The van der Waals surface area contributed by atoms with Crippen LogP contribution < -0.4 is 5.73 Å². The van der Waals surface area contributed by atoms with Crippen molar-refractivity contribution >= 4 is 5.97 Å². The fourth-order valence-corrected chi connectivity index (χ4v) is 1.48. The van der Waals surface area contributed by atoms with Crippen LogP contribution in [0.2, 0.25) is 0 Å². The average molecular weight is 221 g/mol. The minimum absolute atomic E-state index is 0.118. The zero-order valence-electron chi connectivity index (χ0n) is 10.0. The lowest BCUT2D eigenvalue weighted by atomic mass is 9.86. The third-order valence-corrected chi connectivity index (χ3v) is 2.59. The standard InChI is InChI=1S/C13H19NO2/c1-13(2,3)10-6-4-9(5-7-10)8-11(14)12(15)16/h4-7,11H,8,14H2,1-3H3,(H,15,16)/t11-/m1/s1. The third kappa shape index (κ3) is 3.35. The molecular weight excluding hydrogens is 202 g/mol. The summed E-state index contributed by atoms with van der Waals surface area (Å²) in [6, 6.07) is 7.14. The molecule has 3 heteroatoms. The lowest BCUT2D eigenvalue weighted by Crippen LogP contribution is -2.32. The molecule has 1 rings (SSSR count). The second-order valence-corrected chi connectivity index (χ2v) is 5.10. The van der Waals surface area contributed by atoms with E-state index < -0.39 is 12.0 Å². The zero-order chi connectivity index (χ0) is 12.3. The molecule has 0 saturated carbocycles. The van der Waals surface area contributed by atoms with Crippen LogP contribution in [0.4, 0.5) is 0 Å². The van der Waals surface area contributed by atoms with Gasteiger partial charge in [-0.3, -0.25) is 4.79 Å². The summed E-state index contributed by atoms with van der Waals surface area (Å²) in [5.41, 5.74) is 7.79. The Balaban J connectivity index is 2.76. The van der Waals surface area contributed by atoms with E-state index >= 15 is 0 Å². The van der Waals surface area contributed by atoms with E-state index in [4.69, 9.17) is 10.8 Å². The fourth-order valence-electron chi connectivity index (χ4n) is 1.48. The Kier molecular flexibility index (Phi) is 3.70. The lowest BCUT2D eigenvalue weighted by molar-refractivity contribution is -0.138. The van der Waals surface area contributed by atoms with Crippen molar-refractivity contribution in [1.82, 2.24) is 0 Å². The maximum Gasteiger partial charge on any atom is 0.320 e. The Morgan fingerprint density at radius 3 is 2.19 bits per heavy atom. The summed E-state index contributed by atoms with van der Waals surface area (Å²) in [5.74, 6) is -0.958. The molecule has 0 unspecified atom stereocenters. The van der Waals surface area contributed by atoms with Crippen LogP contribution in [0.1, 0.15) is 31.9 Å². The number of carboxylic acids is 1. The van der Waals surface area contributed by atoms with Crippen LogP contribution in [0.5, 0.6) is 0 Å². The molecule has 0 saturated heterocycles. The maximum absolute atomic E-state index is 10.6. The van der Waals surface area contributed by atoms with Gasteiger partial charge in [-0.25, -0.2) is 0 Å². The fraction of sp³-hybridized carbons (Fsp3) is 0.462. The van der Waals surface area contributed by atoms with E-state index in [1.54, 1.807) is 0 Å². The molecule has 16 heavy (non-hydrogen) atoms. The van der Waals surface area contributed by atoms with Gasteiger partial charge in [0.2, 0.25) is 0 Å². The molecule has 0 aliphatic heterocycles. The van der Waals surface area contributed by atoms with Gasteiger partial charge in [-0.2, -0.15) is 0 Å². The first-order valence-corrected chi connectivity index (χ1v) is 5.38. The van der Waals surface area contributed by atoms with Gasteiger partial charge >= 0.3 is 5.97 Å². The smallest absolute Gasteiger partial charge is 0.320 e. The Bertz CT molecular complexity index is 363. The minimum atomic E-state index is -0.958. The monoisotopic (exact) mass is 221 g/mol. The molecule has 1 atom stereocenters. The van der Waals surface area contributed by atoms with Crippen LogP contribution in [0.25, 0.3) is 0 Å². The quantitative estimate of drug-likeness (QED) is 0.819. The summed E-state index contributed by atoms with van der Waals surface area (Å²) in [5, 5.41) is 8.70. The lowest BCUT2D eigenvalue weighted by Gasteiger charge is -2.19. The molecule has 1 aromatic rings. The minimum Gasteiger partial charge on any atom is -0.480 e. The second-order valence-electron chi connectivity index (χ2n) is 5.10. The second kappa shape index (κ2) is 4.66. The van der Waals surface area contributed by atoms with Crippen molar-refractivity contribution in [1.29, 1.82) is 0 Å². The number of benzene rings is 1. The maximum atomic E-state index is 10.6. The van der Waals surface area contributed by atoms with Gasteiger partial charge < -0.3 is 10.8 Å². The van der Waals surface area contributed by atoms with Gasteiger partial charge in [-0.05, 0) is 23.0 Å². The molecule has 0 aliphatic rings. The number of aliphatic carboxylic acids is 1. The number of hydrogen-bond acceptors (Lipinski definition) is 2. The molecular formula is C13H19NO2. The number of carboxylic acid groups (broad SMARTS) is 1. The van der Waals surface area contributed by atoms with E-state index in [1.165, 1.54) is 5.56 Å². The highest BCUT2D eigenvalue weighted by atomic mass is 16.4. The molecule has 0 radical (unpaired) electrons. The third-order valence-electron chi connectivity index (χ3n) is 2.59. The Morgan fingerprint density at radius 1 is 1.31 bits per heavy atom. The van der Waals surface area contributed by atoms with Crippen molar-refractivity contribution in [2.24, 2.45) is 5.73 Å². The van der Waals surface area contributed by atoms with E-state index in [1.807, 2.05) is 24.3 Å². The van der Waals surface area contributed by atoms with E-state index in [2.05, 4.69) is 20.8 Å². The number of nitrogens with two attached hydrogens (primary N) is 1. The highest BCUT2D eigenvalue weighted by Gasteiger charge is 2.15. The van der Waals surface area contributed by atoms with Crippen molar-refractivity contribution in [2.75, 3.05) is 0 Å². The van der Waals surface area contributed by atoms with Crippen molar-refractivity contribution < 1.29 is 9.90 Å². The summed E-state index contributed by atoms with van der Waals surface area (Å²) < 4.78 is 0. The topological polar surface area (TPSA) is 63.3 Å². The van der Waals surface area contributed by atoms with Crippen molar-refractivity contribution in [3.63, 3.8) is 0 Å². The van der Waals surface area contributed by atoms with Crippen molar-refractivity contribution in [3.05, 3.63) is 35.4 Å². The number of carbonyl (C=O) groups is 1. The Labute approximate surface area is 96.3 Å².